The minimum absolute atomic E-state index is 0.256. The fourth-order valence-electron chi connectivity index (χ4n) is 0.995. The van der Waals surface area contributed by atoms with E-state index in [1.54, 1.807) is 6.92 Å². The van der Waals surface area contributed by atoms with Gasteiger partial charge in [-0.15, -0.1) is 19.6 Å². The molecule has 14 heavy (non-hydrogen) atoms. The molecule has 0 unspecified atom stereocenters. The summed E-state index contributed by atoms with van der Waals surface area (Å²) < 4.78 is 39.1. The molecule has 0 aliphatic rings. The predicted octanol–water partition coefficient (Wildman–Crippen LogP) is 2.87. The monoisotopic (exact) mass is 200 g/mol. The molecule has 0 saturated heterocycles. The Labute approximate surface area is 79.5 Å². The van der Waals surface area contributed by atoms with Gasteiger partial charge < -0.3 is 4.74 Å². The molecular formula is C10H7F3O. The molecule has 0 aromatic heterocycles. The van der Waals surface area contributed by atoms with Crippen molar-refractivity contribution in [2.75, 3.05) is 0 Å². The van der Waals surface area contributed by atoms with Crippen LogP contribution in [0, 0.1) is 19.3 Å². The van der Waals surface area contributed by atoms with Crippen molar-refractivity contribution >= 4 is 0 Å². The van der Waals surface area contributed by atoms with E-state index < -0.39 is 6.36 Å². The first-order valence-electron chi connectivity index (χ1n) is 3.75. The summed E-state index contributed by atoms with van der Waals surface area (Å²) in [7, 11) is 0. The van der Waals surface area contributed by atoms with E-state index in [0.717, 1.165) is 0 Å². The highest BCUT2D eigenvalue weighted by atomic mass is 19.4. The van der Waals surface area contributed by atoms with Gasteiger partial charge in [0.05, 0.1) is 0 Å². The Bertz CT molecular complexity index is 374. The molecule has 0 aliphatic heterocycles. The Hall–Kier alpha value is -1.63. The van der Waals surface area contributed by atoms with Crippen LogP contribution in [0.15, 0.2) is 18.2 Å². The summed E-state index contributed by atoms with van der Waals surface area (Å²) in [5, 5.41) is 0. The number of rotatable bonds is 1. The quantitative estimate of drug-likeness (QED) is 0.633. The van der Waals surface area contributed by atoms with Crippen LogP contribution in [-0.4, -0.2) is 6.36 Å². The standard InChI is InChI=1S/C10H7F3O/c1-3-8-4-5-9(6-7(8)2)14-10(11,12)13/h1,4-6H,2H3. The number of aryl methyl sites for hydroxylation is 1. The van der Waals surface area contributed by atoms with Crippen molar-refractivity contribution < 1.29 is 17.9 Å². The van der Waals surface area contributed by atoms with Crippen LogP contribution < -0.4 is 4.74 Å². The van der Waals surface area contributed by atoms with E-state index >= 15 is 0 Å². The summed E-state index contributed by atoms with van der Waals surface area (Å²) in [6, 6.07) is 3.86. The van der Waals surface area contributed by atoms with Crippen LogP contribution in [0.4, 0.5) is 13.2 Å². The van der Waals surface area contributed by atoms with Crippen molar-refractivity contribution in [1.29, 1.82) is 0 Å². The summed E-state index contributed by atoms with van der Waals surface area (Å²) in [4.78, 5) is 0. The third-order valence-corrected chi connectivity index (χ3v) is 1.59. The zero-order chi connectivity index (χ0) is 10.8. The van der Waals surface area contributed by atoms with Gasteiger partial charge in [0.25, 0.3) is 0 Å². The van der Waals surface area contributed by atoms with E-state index in [9.17, 15) is 13.2 Å². The van der Waals surface area contributed by atoms with Crippen LogP contribution in [-0.2, 0) is 0 Å². The van der Waals surface area contributed by atoms with Gasteiger partial charge in [-0.25, -0.2) is 0 Å². The minimum atomic E-state index is -4.66. The minimum Gasteiger partial charge on any atom is -0.406 e. The zero-order valence-corrected chi connectivity index (χ0v) is 7.35. The smallest absolute Gasteiger partial charge is 0.406 e. The molecule has 0 spiro atoms. The molecule has 74 valence electrons. The van der Waals surface area contributed by atoms with Crippen molar-refractivity contribution in [3.8, 4) is 18.1 Å². The molecule has 1 rings (SSSR count). The first-order valence-corrected chi connectivity index (χ1v) is 3.75. The van der Waals surface area contributed by atoms with E-state index in [0.29, 0.717) is 11.1 Å². The zero-order valence-electron chi connectivity index (χ0n) is 7.35. The summed E-state index contributed by atoms with van der Waals surface area (Å²) in [5.74, 6) is 2.09. The van der Waals surface area contributed by atoms with Crippen LogP contribution in [0.2, 0.25) is 0 Å². The predicted molar refractivity (Wildman–Crippen MR) is 45.8 cm³/mol. The summed E-state index contributed by atoms with van der Waals surface area (Å²) in [5.41, 5.74) is 1.13. The molecular weight excluding hydrogens is 193 g/mol. The molecule has 1 nitrogen and oxygen atoms in total. The van der Waals surface area contributed by atoms with Crippen molar-refractivity contribution in [3.63, 3.8) is 0 Å². The Morgan fingerprint density at radius 1 is 1.36 bits per heavy atom. The number of benzene rings is 1. The lowest BCUT2D eigenvalue weighted by atomic mass is 10.1. The van der Waals surface area contributed by atoms with Crippen LogP contribution in [0.3, 0.4) is 0 Å². The van der Waals surface area contributed by atoms with Gasteiger partial charge in [0.1, 0.15) is 5.75 Å². The van der Waals surface area contributed by atoms with Gasteiger partial charge in [-0.1, -0.05) is 5.92 Å². The highest BCUT2D eigenvalue weighted by molar-refractivity contribution is 5.43. The lowest BCUT2D eigenvalue weighted by molar-refractivity contribution is -0.274. The number of hydrogen-bond donors (Lipinski definition) is 0. The van der Waals surface area contributed by atoms with Crippen LogP contribution >= 0.6 is 0 Å². The number of alkyl halides is 3. The number of ether oxygens (including phenoxy) is 1. The van der Waals surface area contributed by atoms with E-state index in [1.165, 1.54) is 18.2 Å². The van der Waals surface area contributed by atoms with E-state index in [4.69, 9.17) is 6.42 Å². The second-order valence-corrected chi connectivity index (χ2v) is 2.67. The Kier molecular flexibility index (Phi) is 2.70. The van der Waals surface area contributed by atoms with E-state index in [1.807, 2.05) is 0 Å². The van der Waals surface area contributed by atoms with Gasteiger partial charge >= 0.3 is 6.36 Å². The maximum Gasteiger partial charge on any atom is 0.573 e. The Morgan fingerprint density at radius 2 is 2.00 bits per heavy atom. The van der Waals surface area contributed by atoms with Gasteiger partial charge in [0.2, 0.25) is 0 Å². The summed E-state index contributed by atoms with van der Waals surface area (Å²) in [6.45, 7) is 1.62. The molecule has 0 radical (unpaired) electrons. The third kappa shape index (κ3) is 2.70. The molecule has 1 aromatic carbocycles. The van der Waals surface area contributed by atoms with Crippen LogP contribution in [0.1, 0.15) is 11.1 Å². The third-order valence-electron chi connectivity index (χ3n) is 1.59. The van der Waals surface area contributed by atoms with Gasteiger partial charge in [0.15, 0.2) is 0 Å². The highest BCUT2D eigenvalue weighted by Crippen LogP contribution is 2.24. The Balaban J connectivity index is 2.94. The number of terminal acetylenes is 1. The van der Waals surface area contributed by atoms with Crippen molar-refractivity contribution in [2.24, 2.45) is 0 Å². The average Bonchev–Trinajstić information content (AvgIpc) is 2.01. The van der Waals surface area contributed by atoms with Crippen LogP contribution in [0.25, 0.3) is 0 Å². The molecule has 0 saturated carbocycles. The maximum atomic E-state index is 11.8. The first kappa shape index (κ1) is 10.5. The van der Waals surface area contributed by atoms with Crippen molar-refractivity contribution in [2.45, 2.75) is 13.3 Å². The van der Waals surface area contributed by atoms with Gasteiger partial charge in [-0.2, -0.15) is 0 Å². The van der Waals surface area contributed by atoms with Gasteiger partial charge in [0, 0.05) is 5.56 Å². The first-order chi connectivity index (χ1) is 6.42. The van der Waals surface area contributed by atoms with Gasteiger partial charge in [-0.05, 0) is 30.7 Å². The molecule has 4 heteroatoms. The fourth-order valence-corrected chi connectivity index (χ4v) is 0.995. The lowest BCUT2D eigenvalue weighted by Crippen LogP contribution is -2.17. The summed E-state index contributed by atoms with van der Waals surface area (Å²) >= 11 is 0. The highest BCUT2D eigenvalue weighted by Gasteiger charge is 2.31. The number of halogens is 3. The second-order valence-electron chi connectivity index (χ2n) is 2.67. The molecule has 0 fully saturated rings. The average molecular weight is 200 g/mol. The molecule has 0 N–H and O–H groups in total. The maximum absolute atomic E-state index is 11.8. The lowest BCUT2D eigenvalue weighted by Gasteiger charge is -2.09. The van der Waals surface area contributed by atoms with Gasteiger partial charge in [-0.3, -0.25) is 0 Å². The molecule has 0 atom stereocenters. The fraction of sp³-hybridized carbons (Fsp3) is 0.200. The molecule has 0 amide bonds. The molecule has 0 heterocycles. The largest absolute Gasteiger partial charge is 0.573 e. The van der Waals surface area contributed by atoms with E-state index in [-0.39, 0.29) is 5.75 Å². The molecule has 0 aliphatic carbocycles. The molecule has 0 bridgehead atoms. The van der Waals surface area contributed by atoms with Crippen molar-refractivity contribution in [3.05, 3.63) is 29.3 Å². The summed E-state index contributed by atoms with van der Waals surface area (Å²) in [6.07, 6.45) is 0.452. The topological polar surface area (TPSA) is 9.23 Å². The Morgan fingerprint density at radius 3 is 2.43 bits per heavy atom. The normalized spacial score (nSPS) is 10.8. The van der Waals surface area contributed by atoms with Crippen molar-refractivity contribution in [1.82, 2.24) is 0 Å². The second kappa shape index (κ2) is 3.62. The molecule has 1 aromatic rings. The van der Waals surface area contributed by atoms with E-state index in [2.05, 4.69) is 10.7 Å². The van der Waals surface area contributed by atoms with Crippen LogP contribution in [0.5, 0.6) is 5.75 Å². The SMILES string of the molecule is C#Cc1ccc(OC(F)(F)F)cc1C. The number of hydrogen-bond acceptors (Lipinski definition) is 1.